The van der Waals surface area contributed by atoms with Crippen molar-refractivity contribution in [1.29, 1.82) is 0 Å². The van der Waals surface area contributed by atoms with E-state index in [4.69, 9.17) is 15.2 Å². The number of rotatable bonds is 7. The predicted molar refractivity (Wildman–Crippen MR) is 125 cm³/mol. The van der Waals surface area contributed by atoms with Gasteiger partial charge in [0.2, 0.25) is 5.91 Å². The van der Waals surface area contributed by atoms with E-state index in [1.165, 1.54) is 0 Å². The van der Waals surface area contributed by atoms with Gasteiger partial charge in [-0.1, -0.05) is 37.3 Å². The molecule has 0 bridgehead atoms. The number of hydrogen-bond donors (Lipinski definition) is 2. The maximum absolute atomic E-state index is 12.7. The SMILES string of the molecule is COc1cc(OC)cc(N2CCC(NC(=O)C(C)C(N)c3ccccc3)C2)c1.Cl.Cl. The van der Waals surface area contributed by atoms with Crippen LogP contribution in [-0.4, -0.2) is 39.3 Å². The van der Waals surface area contributed by atoms with Gasteiger partial charge >= 0.3 is 0 Å². The summed E-state index contributed by atoms with van der Waals surface area (Å²) in [5.41, 5.74) is 8.30. The molecule has 2 aromatic rings. The van der Waals surface area contributed by atoms with Gasteiger partial charge in [0.15, 0.2) is 0 Å². The number of carbonyl (C=O) groups excluding carboxylic acids is 1. The van der Waals surface area contributed by atoms with Crippen LogP contribution in [0.4, 0.5) is 5.69 Å². The minimum atomic E-state index is -0.318. The van der Waals surface area contributed by atoms with Gasteiger partial charge in [0.05, 0.1) is 20.1 Å². The Kier molecular flexibility index (Phi) is 10.3. The molecule has 3 atom stereocenters. The van der Waals surface area contributed by atoms with E-state index in [0.29, 0.717) is 0 Å². The van der Waals surface area contributed by atoms with Crippen molar-refractivity contribution in [3.8, 4) is 11.5 Å². The third kappa shape index (κ3) is 6.17. The van der Waals surface area contributed by atoms with Crippen molar-refractivity contribution in [2.45, 2.75) is 25.4 Å². The molecule has 30 heavy (non-hydrogen) atoms. The van der Waals surface area contributed by atoms with Crippen molar-refractivity contribution in [2.24, 2.45) is 11.7 Å². The molecule has 6 nitrogen and oxygen atoms in total. The van der Waals surface area contributed by atoms with Gasteiger partial charge in [0, 0.05) is 49.1 Å². The smallest absolute Gasteiger partial charge is 0.225 e. The van der Waals surface area contributed by atoms with E-state index in [-0.39, 0.29) is 48.7 Å². The molecular formula is C22H31Cl2N3O3. The number of nitrogens with zero attached hydrogens (tertiary/aromatic N) is 1. The van der Waals surface area contributed by atoms with Gasteiger partial charge in [-0.25, -0.2) is 0 Å². The Bertz CT molecular complexity index is 785. The zero-order valence-corrected chi connectivity index (χ0v) is 19.2. The topological polar surface area (TPSA) is 76.8 Å². The minimum Gasteiger partial charge on any atom is -0.497 e. The van der Waals surface area contributed by atoms with Gasteiger partial charge in [-0.05, 0) is 12.0 Å². The molecule has 1 aliphatic heterocycles. The highest BCUT2D eigenvalue weighted by Crippen LogP contribution is 2.30. The number of amides is 1. The van der Waals surface area contributed by atoms with Gasteiger partial charge in [-0.2, -0.15) is 0 Å². The first-order valence-electron chi connectivity index (χ1n) is 9.60. The largest absolute Gasteiger partial charge is 0.497 e. The van der Waals surface area contributed by atoms with Crippen LogP contribution in [0.2, 0.25) is 0 Å². The molecule has 0 aliphatic carbocycles. The van der Waals surface area contributed by atoms with Crippen LogP contribution in [-0.2, 0) is 4.79 Å². The molecule has 0 saturated carbocycles. The van der Waals surface area contributed by atoms with E-state index in [9.17, 15) is 4.79 Å². The lowest BCUT2D eigenvalue weighted by Crippen LogP contribution is -2.42. The number of benzene rings is 2. The number of hydrogen-bond acceptors (Lipinski definition) is 5. The number of halogens is 2. The van der Waals surface area contributed by atoms with Gasteiger partial charge in [0.1, 0.15) is 11.5 Å². The summed E-state index contributed by atoms with van der Waals surface area (Å²) in [6.45, 7) is 3.49. The highest BCUT2D eigenvalue weighted by Gasteiger charge is 2.28. The van der Waals surface area contributed by atoms with E-state index in [0.717, 1.165) is 42.3 Å². The lowest BCUT2D eigenvalue weighted by Gasteiger charge is -2.23. The van der Waals surface area contributed by atoms with Crippen LogP contribution in [0.25, 0.3) is 0 Å². The summed E-state index contributed by atoms with van der Waals surface area (Å²) in [7, 11) is 3.28. The second kappa shape index (κ2) is 11.9. The van der Waals surface area contributed by atoms with Crippen molar-refractivity contribution in [3.05, 3.63) is 54.1 Å². The Morgan fingerprint density at radius 3 is 2.27 bits per heavy atom. The monoisotopic (exact) mass is 455 g/mol. The molecule has 0 radical (unpaired) electrons. The quantitative estimate of drug-likeness (QED) is 0.666. The molecule has 1 aliphatic rings. The predicted octanol–water partition coefficient (Wildman–Crippen LogP) is 3.58. The standard InChI is InChI=1S/C22H29N3O3.2ClH/c1-15(21(23)16-7-5-4-6-8-16)22(26)24-17-9-10-25(14-17)18-11-19(27-2)13-20(12-18)28-3;;/h4-8,11-13,15,17,21H,9-10,14,23H2,1-3H3,(H,24,26);2*1H. The van der Waals surface area contributed by atoms with Crippen molar-refractivity contribution >= 4 is 36.4 Å². The summed E-state index contributed by atoms with van der Waals surface area (Å²) >= 11 is 0. The molecule has 0 aromatic heterocycles. The first-order valence-corrected chi connectivity index (χ1v) is 9.60. The van der Waals surface area contributed by atoms with Crippen LogP contribution in [0.5, 0.6) is 11.5 Å². The Hall–Kier alpha value is -2.15. The lowest BCUT2D eigenvalue weighted by molar-refractivity contribution is -0.125. The van der Waals surface area contributed by atoms with E-state index in [1.807, 2.05) is 55.5 Å². The molecule has 1 amide bonds. The number of nitrogens with two attached hydrogens (primary N) is 1. The first-order chi connectivity index (χ1) is 13.5. The van der Waals surface area contributed by atoms with Crippen molar-refractivity contribution < 1.29 is 14.3 Å². The second-order valence-electron chi connectivity index (χ2n) is 7.24. The zero-order chi connectivity index (χ0) is 20.1. The summed E-state index contributed by atoms with van der Waals surface area (Å²) < 4.78 is 10.7. The Morgan fingerprint density at radius 2 is 1.70 bits per heavy atom. The Morgan fingerprint density at radius 1 is 1.10 bits per heavy atom. The fourth-order valence-corrected chi connectivity index (χ4v) is 3.55. The molecule has 3 unspecified atom stereocenters. The fourth-order valence-electron chi connectivity index (χ4n) is 3.55. The summed E-state index contributed by atoms with van der Waals surface area (Å²) in [5, 5.41) is 3.16. The van der Waals surface area contributed by atoms with E-state index >= 15 is 0 Å². The van der Waals surface area contributed by atoms with Crippen LogP contribution < -0.4 is 25.4 Å². The molecule has 3 N–H and O–H groups in total. The molecule has 1 fully saturated rings. The summed E-state index contributed by atoms with van der Waals surface area (Å²) in [5.74, 6) is 1.20. The molecular weight excluding hydrogens is 425 g/mol. The lowest BCUT2D eigenvalue weighted by atomic mass is 9.94. The third-order valence-electron chi connectivity index (χ3n) is 5.37. The van der Waals surface area contributed by atoms with E-state index in [2.05, 4.69) is 10.2 Å². The number of methoxy groups -OCH3 is 2. The summed E-state index contributed by atoms with van der Waals surface area (Å²) in [6.07, 6.45) is 0.887. The van der Waals surface area contributed by atoms with Crippen LogP contribution >= 0.6 is 24.8 Å². The summed E-state index contributed by atoms with van der Waals surface area (Å²) in [4.78, 5) is 14.9. The van der Waals surface area contributed by atoms with Gasteiger partial charge < -0.3 is 25.4 Å². The number of ether oxygens (including phenoxy) is 2. The highest BCUT2D eigenvalue weighted by atomic mass is 35.5. The van der Waals surface area contributed by atoms with Gasteiger partial charge in [-0.15, -0.1) is 24.8 Å². The molecule has 1 heterocycles. The zero-order valence-electron chi connectivity index (χ0n) is 17.5. The highest BCUT2D eigenvalue weighted by molar-refractivity contribution is 5.85. The van der Waals surface area contributed by atoms with E-state index < -0.39 is 0 Å². The van der Waals surface area contributed by atoms with Gasteiger partial charge in [0.25, 0.3) is 0 Å². The Balaban J connectivity index is 0.00000225. The average Bonchev–Trinajstić information content (AvgIpc) is 3.21. The van der Waals surface area contributed by atoms with Gasteiger partial charge in [-0.3, -0.25) is 4.79 Å². The molecule has 3 rings (SSSR count). The molecule has 1 saturated heterocycles. The minimum absolute atomic E-state index is 0. The van der Waals surface area contributed by atoms with Crippen molar-refractivity contribution in [1.82, 2.24) is 5.32 Å². The second-order valence-corrected chi connectivity index (χ2v) is 7.24. The fraction of sp³-hybridized carbons (Fsp3) is 0.409. The molecule has 2 aromatic carbocycles. The van der Waals surface area contributed by atoms with Crippen molar-refractivity contribution in [2.75, 3.05) is 32.2 Å². The average molecular weight is 456 g/mol. The number of nitrogens with one attached hydrogen (secondary N) is 1. The molecule has 166 valence electrons. The third-order valence-corrected chi connectivity index (χ3v) is 5.37. The number of anilines is 1. The number of carbonyl (C=O) groups is 1. The maximum atomic E-state index is 12.7. The van der Waals surface area contributed by atoms with Crippen LogP contribution in [0.3, 0.4) is 0 Å². The maximum Gasteiger partial charge on any atom is 0.225 e. The van der Waals surface area contributed by atoms with E-state index in [1.54, 1.807) is 14.2 Å². The molecule has 0 spiro atoms. The first kappa shape index (κ1) is 25.9. The normalized spacial score (nSPS) is 17.2. The van der Waals surface area contributed by atoms with Crippen LogP contribution in [0, 0.1) is 5.92 Å². The Labute approximate surface area is 190 Å². The molecule has 8 heteroatoms. The van der Waals surface area contributed by atoms with Crippen LogP contribution in [0.15, 0.2) is 48.5 Å². The van der Waals surface area contributed by atoms with Crippen molar-refractivity contribution in [3.63, 3.8) is 0 Å². The van der Waals surface area contributed by atoms with Crippen LogP contribution in [0.1, 0.15) is 24.9 Å². The summed E-state index contributed by atoms with van der Waals surface area (Å²) in [6, 6.07) is 15.4.